The quantitative estimate of drug-likeness (QED) is 0.823. The molecule has 0 bridgehead atoms. The Morgan fingerprint density at radius 3 is 3.00 bits per heavy atom. The molecule has 0 saturated heterocycles. The molecule has 1 unspecified atom stereocenters. The summed E-state index contributed by atoms with van der Waals surface area (Å²) in [7, 11) is 1.39. The summed E-state index contributed by atoms with van der Waals surface area (Å²) in [4.78, 5) is 19.4. The van der Waals surface area contributed by atoms with E-state index in [1.54, 1.807) is 6.07 Å². The average Bonchev–Trinajstić information content (AvgIpc) is 3.28. The van der Waals surface area contributed by atoms with Gasteiger partial charge in [0.1, 0.15) is 5.82 Å². The molecule has 4 heteroatoms. The van der Waals surface area contributed by atoms with E-state index >= 15 is 0 Å². The molecule has 2 aliphatic rings. The molecule has 0 amide bonds. The second kappa shape index (κ2) is 3.13. The third kappa shape index (κ3) is 1.32. The van der Waals surface area contributed by atoms with Crippen LogP contribution in [0.1, 0.15) is 41.4 Å². The second-order valence-corrected chi connectivity index (χ2v) is 5.46. The highest BCUT2D eigenvalue weighted by Crippen LogP contribution is 2.74. The van der Waals surface area contributed by atoms with E-state index in [1.165, 1.54) is 26.4 Å². The molecule has 2 saturated carbocycles. The molecule has 4 rings (SSSR count). The van der Waals surface area contributed by atoms with Crippen molar-refractivity contribution in [3.63, 3.8) is 0 Å². The minimum atomic E-state index is -0.307. The normalized spacial score (nSPS) is 23.3. The molecule has 1 atom stereocenters. The number of aromatic amines is 1. The van der Waals surface area contributed by atoms with Gasteiger partial charge in [-0.3, -0.25) is 0 Å². The number of esters is 1. The van der Waals surface area contributed by atoms with E-state index in [0.717, 1.165) is 16.9 Å². The van der Waals surface area contributed by atoms with Crippen LogP contribution in [0.25, 0.3) is 11.0 Å². The highest BCUT2D eigenvalue weighted by molar-refractivity contribution is 5.93. The smallest absolute Gasteiger partial charge is 0.337 e. The second-order valence-electron chi connectivity index (χ2n) is 5.46. The molecule has 2 aromatic rings. The Morgan fingerprint density at radius 1 is 1.50 bits per heavy atom. The number of benzene rings is 1. The van der Waals surface area contributed by atoms with Crippen LogP contribution in [0.4, 0.5) is 0 Å². The van der Waals surface area contributed by atoms with Crippen molar-refractivity contribution in [1.82, 2.24) is 9.97 Å². The van der Waals surface area contributed by atoms with Crippen molar-refractivity contribution in [2.24, 2.45) is 5.41 Å². The maximum Gasteiger partial charge on any atom is 0.337 e. The van der Waals surface area contributed by atoms with Gasteiger partial charge in [-0.2, -0.15) is 0 Å². The van der Waals surface area contributed by atoms with Crippen LogP contribution in [0.15, 0.2) is 18.2 Å². The van der Waals surface area contributed by atoms with Gasteiger partial charge in [0, 0.05) is 5.92 Å². The zero-order chi connectivity index (χ0) is 12.3. The number of fused-ring (bicyclic) bond motifs is 1. The molecular weight excluding hydrogens is 228 g/mol. The molecule has 1 aromatic carbocycles. The number of carbonyl (C=O) groups is 1. The lowest BCUT2D eigenvalue weighted by Gasteiger charge is -1.97. The van der Waals surface area contributed by atoms with Crippen LogP contribution in [-0.2, 0) is 4.74 Å². The minimum Gasteiger partial charge on any atom is -0.465 e. The summed E-state index contributed by atoms with van der Waals surface area (Å²) >= 11 is 0. The molecule has 4 nitrogen and oxygen atoms in total. The predicted molar refractivity (Wildman–Crippen MR) is 66.5 cm³/mol. The molecule has 0 aliphatic heterocycles. The third-order valence-electron chi connectivity index (χ3n) is 4.33. The molecule has 2 fully saturated rings. The van der Waals surface area contributed by atoms with Gasteiger partial charge < -0.3 is 9.72 Å². The first-order valence-corrected chi connectivity index (χ1v) is 6.30. The van der Waals surface area contributed by atoms with Gasteiger partial charge >= 0.3 is 5.97 Å². The van der Waals surface area contributed by atoms with Crippen molar-refractivity contribution < 1.29 is 9.53 Å². The highest BCUT2D eigenvalue weighted by atomic mass is 16.5. The molecule has 1 heterocycles. The molecule has 92 valence electrons. The summed E-state index contributed by atoms with van der Waals surface area (Å²) < 4.78 is 4.72. The molecule has 1 aromatic heterocycles. The van der Waals surface area contributed by atoms with E-state index in [2.05, 4.69) is 9.97 Å². The van der Waals surface area contributed by atoms with Crippen LogP contribution < -0.4 is 0 Å². The number of hydrogen-bond acceptors (Lipinski definition) is 3. The SMILES string of the molecule is COC(=O)c1ccc2nc(C3CC34CC4)[nH]c2c1. The van der Waals surface area contributed by atoms with Crippen LogP contribution in [0.3, 0.4) is 0 Å². The molecule has 1 N–H and O–H groups in total. The number of carbonyl (C=O) groups excluding carboxylic acids is 1. The highest BCUT2D eigenvalue weighted by Gasteiger charge is 2.64. The Bertz CT molecular complexity index is 655. The van der Waals surface area contributed by atoms with E-state index in [9.17, 15) is 4.79 Å². The Hall–Kier alpha value is -1.84. The van der Waals surface area contributed by atoms with Crippen LogP contribution in [0, 0.1) is 5.41 Å². The number of aromatic nitrogens is 2. The molecule has 2 aliphatic carbocycles. The fourth-order valence-electron chi connectivity index (χ4n) is 2.89. The van der Waals surface area contributed by atoms with E-state index < -0.39 is 0 Å². The number of imidazole rings is 1. The summed E-state index contributed by atoms with van der Waals surface area (Å²) in [6.07, 6.45) is 3.97. The maximum atomic E-state index is 11.5. The summed E-state index contributed by atoms with van der Waals surface area (Å²) in [5.74, 6) is 1.40. The lowest BCUT2D eigenvalue weighted by atomic mass is 10.2. The Kier molecular flexibility index (Phi) is 1.76. The van der Waals surface area contributed by atoms with Crippen LogP contribution in [0.2, 0.25) is 0 Å². The number of methoxy groups -OCH3 is 1. The first-order chi connectivity index (χ1) is 8.72. The maximum absolute atomic E-state index is 11.5. The minimum absolute atomic E-state index is 0.307. The molecule has 0 radical (unpaired) electrons. The van der Waals surface area contributed by atoms with Gasteiger partial charge in [-0.1, -0.05) is 0 Å². The van der Waals surface area contributed by atoms with E-state index in [-0.39, 0.29) is 5.97 Å². The molecule has 1 spiro atoms. The lowest BCUT2D eigenvalue weighted by Crippen LogP contribution is -2.00. The van der Waals surface area contributed by atoms with Gasteiger partial charge in [-0.15, -0.1) is 0 Å². The topological polar surface area (TPSA) is 55.0 Å². The van der Waals surface area contributed by atoms with E-state index in [0.29, 0.717) is 16.9 Å². The third-order valence-corrected chi connectivity index (χ3v) is 4.33. The van der Waals surface area contributed by atoms with Gasteiger partial charge in [-0.25, -0.2) is 9.78 Å². The van der Waals surface area contributed by atoms with Gasteiger partial charge in [0.25, 0.3) is 0 Å². The largest absolute Gasteiger partial charge is 0.465 e. The Balaban J connectivity index is 1.74. The predicted octanol–water partition coefficient (Wildman–Crippen LogP) is 2.62. The Labute approximate surface area is 104 Å². The number of rotatable bonds is 2. The first kappa shape index (κ1) is 10.1. The first-order valence-electron chi connectivity index (χ1n) is 6.30. The van der Waals surface area contributed by atoms with Gasteiger partial charge in [-0.05, 0) is 42.9 Å². The number of nitrogens with one attached hydrogen (secondary N) is 1. The summed E-state index contributed by atoms with van der Waals surface area (Å²) in [6, 6.07) is 5.46. The van der Waals surface area contributed by atoms with Crippen LogP contribution in [0.5, 0.6) is 0 Å². The fourth-order valence-corrected chi connectivity index (χ4v) is 2.89. The van der Waals surface area contributed by atoms with Crippen molar-refractivity contribution in [1.29, 1.82) is 0 Å². The standard InChI is InChI=1S/C14H14N2O2/c1-18-13(17)8-2-3-10-11(6-8)16-12(15-10)9-7-14(9)4-5-14/h2-3,6,9H,4-5,7H2,1H3,(H,15,16). The monoisotopic (exact) mass is 242 g/mol. The summed E-state index contributed by atoms with van der Waals surface area (Å²) in [5, 5.41) is 0. The number of nitrogens with zero attached hydrogens (tertiary/aromatic N) is 1. The Morgan fingerprint density at radius 2 is 2.33 bits per heavy atom. The zero-order valence-electron chi connectivity index (χ0n) is 10.2. The van der Waals surface area contributed by atoms with Gasteiger partial charge in [0.2, 0.25) is 0 Å². The number of hydrogen-bond donors (Lipinski definition) is 1. The van der Waals surface area contributed by atoms with Gasteiger partial charge in [0.15, 0.2) is 0 Å². The zero-order valence-corrected chi connectivity index (χ0v) is 10.2. The van der Waals surface area contributed by atoms with Crippen LogP contribution >= 0.6 is 0 Å². The van der Waals surface area contributed by atoms with Crippen molar-refractivity contribution in [3.8, 4) is 0 Å². The number of ether oxygens (including phenoxy) is 1. The van der Waals surface area contributed by atoms with E-state index in [1.807, 2.05) is 12.1 Å². The van der Waals surface area contributed by atoms with Crippen molar-refractivity contribution in [3.05, 3.63) is 29.6 Å². The van der Waals surface area contributed by atoms with Gasteiger partial charge in [0.05, 0.1) is 23.7 Å². The molecule has 18 heavy (non-hydrogen) atoms. The van der Waals surface area contributed by atoms with Crippen molar-refractivity contribution in [2.45, 2.75) is 25.2 Å². The van der Waals surface area contributed by atoms with E-state index in [4.69, 9.17) is 4.74 Å². The summed E-state index contributed by atoms with van der Waals surface area (Å²) in [5.41, 5.74) is 3.02. The lowest BCUT2D eigenvalue weighted by molar-refractivity contribution is 0.0601. The van der Waals surface area contributed by atoms with Crippen molar-refractivity contribution >= 4 is 17.0 Å². The van der Waals surface area contributed by atoms with Crippen molar-refractivity contribution in [2.75, 3.05) is 7.11 Å². The fraction of sp³-hybridized carbons (Fsp3) is 0.429. The molecular formula is C14H14N2O2. The average molecular weight is 242 g/mol. The number of H-pyrrole nitrogens is 1. The van der Waals surface area contributed by atoms with Crippen LogP contribution in [-0.4, -0.2) is 23.0 Å². The summed E-state index contributed by atoms with van der Waals surface area (Å²) in [6.45, 7) is 0.